The lowest BCUT2D eigenvalue weighted by Gasteiger charge is -2.35. The van der Waals surface area contributed by atoms with Crippen molar-refractivity contribution in [1.29, 1.82) is 0 Å². The molecule has 0 radical (unpaired) electrons. The Labute approximate surface area is 160 Å². The van der Waals surface area contributed by atoms with Gasteiger partial charge in [-0.3, -0.25) is 4.79 Å². The summed E-state index contributed by atoms with van der Waals surface area (Å²) in [5.74, 6) is 1.30. The second-order valence-electron chi connectivity index (χ2n) is 7.18. The second kappa shape index (κ2) is 10.2. The standard InChI is InChI=1S/C21H29N3O3/c25-16-14-18-10-4-5-15-24(18)21(26)13-12-20-23-22-19(27-20)11-6-9-17-7-2-1-3-8-17/h1-3,7-8,18,25H,4-6,9-16H2. The van der Waals surface area contributed by atoms with Gasteiger partial charge in [-0.15, -0.1) is 10.2 Å². The molecular formula is C21H29N3O3. The number of carbonyl (C=O) groups excluding carboxylic acids is 1. The molecule has 1 aliphatic heterocycles. The molecule has 2 aromatic rings. The van der Waals surface area contributed by atoms with Crippen LogP contribution in [0.25, 0.3) is 0 Å². The molecule has 1 aromatic carbocycles. The maximum atomic E-state index is 12.5. The van der Waals surface area contributed by atoms with Crippen molar-refractivity contribution in [3.05, 3.63) is 47.7 Å². The average Bonchev–Trinajstić information content (AvgIpc) is 3.15. The molecule has 1 aliphatic rings. The van der Waals surface area contributed by atoms with Gasteiger partial charge in [0.2, 0.25) is 17.7 Å². The quantitative estimate of drug-likeness (QED) is 0.733. The molecule has 1 saturated heterocycles. The van der Waals surface area contributed by atoms with E-state index in [-0.39, 0.29) is 18.6 Å². The molecule has 6 nitrogen and oxygen atoms in total. The Hall–Kier alpha value is -2.21. The maximum Gasteiger partial charge on any atom is 0.223 e. The van der Waals surface area contributed by atoms with E-state index in [9.17, 15) is 9.90 Å². The van der Waals surface area contributed by atoms with Gasteiger partial charge in [-0.05, 0) is 44.1 Å². The highest BCUT2D eigenvalue weighted by Crippen LogP contribution is 2.21. The molecule has 1 amide bonds. The largest absolute Gasteiger partial charge is 0.425 e. The van der Waals surface area contributed by atoms with Crippen LogP contribution in [-0.4, -0.2) is 45.3 Å². The van der Waals surface area contributed by atoms with Crippen molar-refractivity contribution in [3.8, 4) is 0 Å². The number of rotatable bonds is 9. The molecule has 0 aliphatic carbocycles. The second-order valence-corrected chi connectivity index (χ2v) is 7.18. The van der Waals surface area contributed by atoms with Crippen molar-refractivity contribution >= 4 is 5.91 Å². The van der Waals surface area contributed by atoms with E-state index >= 15 is 0 Å². The van der Waals surface area contributed by atoms with Gasteiger partial charge in [-0.1, -0.05) is 30.3 Å². The van der Waals surface area contributed by atoms with E-state index in [1.807, 2.05) is 23.1 Å². The Balaban J connectivity index is 1.42. The first kappa shape index (κ1) is 19.5. The third-order valence-electron chi connectivity index (χ3n) is 5.17. The van der Waals surface area contributed by atoms with Gasteiger partial charge in [0.15, 0.2) is 0 Å². The van der Waals surface area contributed by atoms with E-state index in [4.69, 9.17) is 4.42 Å². The molecule has 2 heterocycles. The van der Waals surface area contributed by atoms with Crippen LogP contribution >= 0.6 is 0 Å². The molecule has 1 N–H and O–H groups in total. The molecule has 3 rings (SSSR count). The smallest absolute Gasteiger partial charge is 0.223 e. The summed E-state index contributed by atoms with van der Waals surface area (Å²) in [5.41, 5.74) is 1.31. The summed E-state index contributed by atoms with van der Waals surface area (Å²) in [5, 5.41) is 17.4. The molecule has 1 unspecified atom stereocenters. The van der Waals surface area contributed by atoms with Gasteiger partial charge >= 0.3 is 0 Å². The molecule has 0 spiro atoms. The number of benzene rings is 1. The SMILES string of the molecule is O=C(CCc1nnc(CCCc2ccccc2)o1)N1CCCCC1CCO. The van der Waals surface area contributed by atoms with E-state index in [0.717, 1.165) is 45.1 Å². The highest BCUT2D eigenvalue weighted by Gasteiger charge is 2.26. The highest BCUT2D eigenvalue weighted by atomic mass is 16.4. The first-order valence-electron chi connectivity index (χ1n) is 10.0. The summed E-state index contributed by atoms with van der Waals surface area (Å²) >= 11 is 0. The first-order chi connectivity index (χ1) is 13.3. The highest BCUT2D eigenvalue weighted by molar-refractivity contribution is 5.76. The summed E-state index contributed by atoms with van der Waals surface area (Å²) in [7, 11) is 0. The van der Waals surface area contributed by atoms with Crippen molar-refractivity contribution in [2.45, 2.75) is 63.8 Å². The van der Waals surface area contributed by atoms with Gasteiger partial charge in [0.1, 0.15) is 0 Å². The number of aromatic nitrogens is 2. The van der Waals surface area contributed by atoms with E-state index < -0.39 is 0 Å². The minimum absolute atomic E-state index is 0.122. The van der Waals surface area contributed by atoms with Crippen molar-refractivity contribution in [2.75, 3.05) is 13.2 Å². The number of hydrogen-bond donors (Lipinski definition) is 1. The van der Waals surface area contributed by atoms with Crippen molar-refractivity contribution < 1.29 is 14.3 Å². The molecule has 146 valence electrons. The minimum Gasteiger partial charge on any atom is -0.425 e. The fraction of sp³-hybridized carbons (Fsp3) is 0.571. The van der Waals surface area contributed by atoms with Crippen LogP contribution in [0.5, 0.6) is 0 Å². The molecule has 1 fully saturated rings. The maximum absolute atomic E-state index is 12.5. The lowest BCUT2D eigenvalue weighted by Crippen LogP contribution is -2.44. The molecule has 0 bridgehead atoms. The van der Waals surface area contributed by atoms with Crippen LogP contribution in [0.1, 0.15) is 55.9 Å². The van der Waals surface area contributed by atoms with Gasteiger partial charge in [-0.25, -0.2) is 0 Å². The third kappa shape index (κ3) is 5.89. The predicted molar refractivity (Wildman–Crippen MR) is 102 cm³/mol. The van der Waals surface area contributed by atoms with Crippen molar-refractivity contribution in [2.24, 2.45) is 0 Å². The van der Waals surface area contributed by atoms with Crippen LogP contribution < -0.4 is 0 Å². The minimum atomic E-state index is 0.122. The fourth-order valence-electron chi connectivity index (χ4n) is 3.71. The van der Waals surface area contributed by atoms with E-state index in [1.165, 1.54) is 5.56 Å². The number of carbonyl (C=O) groups is 1. The van der Waals surface area contributed by atoms with Crippen LogP contribution in [0.2, 0.25) is 0 Å². The van der Waals surface area contributed by atoms with Crippen molar-refractivity contribution in [3.63, 3.8) is 0 Å². The Morgan fingerprint density at radius 2 is 1.89 bits per heavy atom. The number of aliphatic hydroxyl groups excluding tert-OH is 1. The van der Waals surface area contributed by atoms with E-state index in [0.29, 0.717) is 31.0 Å². The summed E-state index contributed by atoms with van der Waals surface area (Å²) < 4.78 is 5.70. The predicted octanol–water partition coefficient (Wildman–Crippen LogP) is 2.94. The Bertz CT molecular complexity index is 700. The topological polar surface area (TPSA) is 79.5 Å². The monoisotopic (exact) mass is 371 g/mol. The molecule has 0 saturated carbocycles. The van der Waals surface area contributed by atoms with Gasteiger partial charge in [0.05, 0.1) is 0 Å². The zero-order valence-electron chi connectivity index (χ0n) is 15.8. The average molecular weight is 371 g/mol. The number of amides is 1. The van der Waals surface area contributed by atoms with Crippen molar-refractivity contribution in [1.82, 2.24) is 15.1 Å². The number of aliphatic hydroxyl groups is 1. The summed E-state index contributed by atoms with van der Waals surface area (Å²) in [4.78, 5) is 14.5. The Morgan fingerprint density at radius 1 is 1.11 bits per heavy atom. The van der Waals surface area contributed by atoms with Crippen LogP contribution in [0.3, 0.4) is 0 Å². The van der Waals surface area contributed by atoms with Gasteiger partial charge in [0, 0.05) is 38.5 Å². The number of nitrogens with zero attached hydrogens (tertiary/aromatic N) is 3. The zero-order valence-corrected chi connectivity index (χ0v) is 15.8. The summed E-state index contributed by atoms with van der Waals surface area (Å²) in [6.07, 6.45) is 7.38. The Morgan fingerprint density at radius 3 is 2.67 bits per heavy atom. The Kier molecular flexibility index (Phi) is 7.39. The van der Waals surface area contributed by atoms with E-state index in [1.54, 1.807) is 0 Å². The summed E-state index contributed by atoms with van der Waals surface area (Å²) in [6, 6.07) is 10.5. The zero-order chi connectivity index (χ0) is 18.9. The molecule has 6 heteroatoms. The molecule has 1 atom stereocenters. The fourth-order valence-corrected chi connectivity index (χ4v) is 3.71. The summed E-state index contributed by atoms with van der Waals surface area (Å²) in [6.45, 7) is 0.919. The number of aryl methyl sites for hydroxylation is 3. The van der Waals surface area contributed by atoms with Crippen LogP contribution in [0.15, 0.2) is 34.7 Å². The number of hydrogen-bond acceptors (Lipinski definition) is 5. The lowest BCUT2D eigenvalue weighted by atomic mass is 9.99. The van der Waals surface area contributed by atoms with Gasteiger partial charge in [0.25, 0.3) is 0 Å². The molecular weight excluding hydrogens is 342 g/mol. The number of piperidine rings is 1. The van der Waals surface area contributed by atoms with E-state index in [2.05, 4.69) is 22.3 Å². The van der Waals surface area contributed by atoms with Crippen LogP contribution in [-0.2, 0) is 24.1 Å². The first-order valence-corrected chi connectivity index (χ1v) is 10.0. The molecule has 1 aromatic heterocycles. The van der Waals surface area contributed by atoms with Gasteiger partial charge in [-0.2, -0.15) is 0 Å². The van der Waals surface area contributed by atoms with Crippen LogP contribution in [0, 0.1) is 0 Å². The van der Waals surface area contributed by atoms with Crippen LogP contribution in [0.4, 0.5) is 0 Å². The number of likely N-dealkylation sites (tertiary alicyclic amines) is 1. The third-order valence-corrected chi connectivity index (χ3v) is 5.17. The van der Waals surface area contributed by atoms with Gasteiger partial charge < -0.3 is 14.4 Å². The molecule has 27 heavy (non-hydrogen) atoms. The normalized spacial score (nSPS) is 17.2. The lowest BCUT2D eigenvalue weighted by molar-refractivity contribution is -0.135.